The molecule has 0 fully saturated rings. The number of carbonyl (C=O) groups is 1. The van der Waals surface area contributed by atoms with Crippen LogP contribution in [0.15, 0.2) is 66.7 Å². The van der Waals surface area contributed by atoms with Crippen LogP contribution in [-0.4, -0.2) is 12.6 Å². The van der Waals surface area contributed by atoms with E-state index in [1.54, 1.807) is 6.92 Å². The average Bonchev–Trinajstić information content (AvgIpc) is 2.55. The van der Waals surface area contributed by atoms with Crippen molar-refractivity contribution in [3.63, 3.8) is 0 Å². The number of unbranched alkanes of at least 4 members (excludes halogenated alkanes) is 1. The number of benzene rings is 2. The summed E-state index contributed by atoms with van der Waals surface area (Å²) in [6.07, 6.45) is 2.72. The number of esters is 1. The molecule has 0 aromatic heterocycles. The zero-order valence-corrected chi connectivity index (χ0v) is 13.5. The first kappa shape index (κ1) is 16.8. The van der Waals surface area contributed by atoms with Crippen molar-refractivity contribution in [2.75, 3.05) is 6.61 Å². The average molecular weight is 310 g/mol. The van der Waals surface area contributed by atoms with Gasteiger partial charge < -0.3 is 9.47 Å². The molecule has 0 amide bonds. The third-order valence-electron chi connectivity index (χ3n) is 3.32. The molecule has 23 heavy (non-hydrogen) atoms. The van der Waals surface area contributed by atoms with E-state index in [1.165, 1.54) is 5.56 Å². The Morgan fingerprint density at radius 2 is 1.74 bits per heavy atom. The molecule has 0 bridgehead atoms. The maximum Gasteiger partial charge on any atom is 0.333 e. The van der Waals surface area contributed by atoms with E-state index in [4.69, 9.17) is 9.47 Å². The van der Waals surface area contributed by atoms with Crippen LogP contribution in [0.1, 0.15) is 25.3 Å². The van der Waals surface area contributed by atoms with E-state index in [0.29, 0.717) is 12.2 Å². The minimum absolute atomic E-state index is 0.316. The summed E-state index contributed by atoms with van der Waals surface area (Å²) in [5.41, 5.74) is 1.65. The lowest BCUT2D eigenvalue weighted by atomic mass is 10.1. The number of rotatable bonds is 8. The largest absolute Gasteiger partial charge is 0.462 e. The summed E-state index contributed by atoms with van der Waals surface area (Å²) < 4.78 is 10.9. The van der Waals surface area contributed by atoms with Crippen LogP contribution in [0.3, 0.4) is 0 Å². The van der Waals surface area contributed by atoms with Crippen LogP contribution in [-0.2, 0) is 16.0 Å². The molecule has 0 aliphatic rings. The number of aryl methyl sites for hydroxylation is 1. The van der Waals surface area contributed by atoms with Gasteiger partial charge >= 0.3 is 5.97 Å². The highest BCUT2D eigenvalue weighted by molar-refractivity contribution is 5.86. The van der Waals surface area contributed by atoms with Crippen LogP contribution in [0.25, 0.3) is 0 Å². The molecular weight excluding hydrogens is 288 g/mol. The standard InChI is InChI=1S/C20H22O3/c1-16(2)20(21)22-14-7-6-9-17-10-8-13-19(15-17)23-18-11-4-3-5-12-18/h3-5,8,10-13,15H,1,6-7,9,14H2,2H3. The number of hydrogen-bond donors (Lipinski definition) is 0. The van der Waals surface area contributed by atoms with Gasteiger partial charge in [-0.05, 0) is 56.0 Å². The third-order valence-corrected chi connectivity index (χ3v) is 3.32. The van der Waals surface area contributed by atoms with Crippen molar-refractivity contribution in [2.45, 2.75) is 26.2 Å². The van der Waals surface area contributed by atoms with Crippen molar-refractivity contribution in [1.82, 2.24) is 0 Å². The van der Waals surface area contributed by atoms with E-state index >= 15 is 0 Å². The molecule has 0 heterocycles. The molecule has 0 aliphatic carbocycles. The number of hydrogen-bond acceptors (Lipinski definition) is 3. The fourth-order valence-corrected chi connectivity index (χ4v) is 2.11. The van der Waals surface area contributed by atoms with Gasteiger partial charge in [0.05, 0.1) is 6.61 Å². The van der Waals surface area contributed by atoms with Crippen LogP contribution in [0.5, 0.6) is 11.5 Å². The van der Waals surface area contributed by atoms with Crippen LogP contribution < -0.4 is 4.74 Å². The van der Waals surface area contributed by atoms with Gasteiger partial charge in [0.2, 0.25) is 0 Å². The first-order valence-corrected chi connectivity index (χ1v) is 7.79. The summed E-state index contributed by atoms with van der Waals surface area (Å²) in [6.45, 7) is 5.65. The summed E-state index contributed by atoms with van der Waals surface area (Å²) in [6, 6.07) is 17.8. The fourth-order valence-electron chi connectivity index (χ4n) is 2.11. The monoisotopic (exact) mass is 310 g/mol. The van der Waals surface area contributed by atoms with Gasteiger partial charge in [0, 0.05) is 5.57 Å². The van der Waals surface area contributed by atoms with Gasteiger partial charge in [-0.3, -0.25) is 0 Å². The Balaban J connectivity index is 1.77. The Bertz CT molecular complexity index is 647. The quantitative estimate of drug-likeness (QED) is 0.394. The molecule has 0 saturated heterocycles. The fraction of sp³-hybridized carbons (Fsp3) is 0.250. The maximum absolute atomic E-state index is 11.3. The SMILES string of the molecule is C=C(C)C(=O)OCCCCc1cccc(Oc2ccccc2)c1. The second-order valence-electron chi connectivity index (χ2n) is 5.44. The molecule has 3 heteroatoms. The Hall–Kier alpha value is -2.55. The van der Waals surface area contributed by atoms with Crippen LogP contribution in [0, 0.1) is 0 Å². The number of para-hydroxylation sites is 1. The molecule has 0 radical (unpaired) electrons. The van der Waals surface area contributed by atoms with E-state index < -0.39 is 0 Å². The van der Waals surface area contributed by atoms with Crippen molar-refractivity contribution < 1.29 is 14.3 Å². The summed E-state index contributed by atoms with van der Waals surface area (Å²) in [5.74, 6) is 1.35. The van der Waals surface area contributed by atoms with Gasteiger partial charge in [-0.15, -0.1) is 0 Å². The zero-order chi connectivity index (χ0) is 16.5. The molecule has 2 aromatic rings. The van der Waals surface area contributed by atoms with Crippen molar-refractivity contribution in [1.29, 1.82) is 0 Å². The Labute approximate surface area is 137 Å². The van der Waals surface area contributed by atoms with Crippen LogP contribution >= 0.6 is 0 Å². The van der Waals surface area contributed by atoms with Crippen molar-refractivity contribution in [3.05, 3.63) is 72.3 Å². The summed E-state index contributed by atoms with van der Waals surface area (Å²) in [7, 11) is 0. The van der Waals surface area contributed by atoms with E-state index in [1.807, 2.05) is 48.5 Å². The topological polar surface area (TPSA) is 35.5 Å². The van der Waals surface area contributed by atoms with Crippen molar-refractivity contribution >= 4 is 5.97 Å². The molecule has 3 nitrogen and oxygen atoms in total. The lowest BCUT2D eigenvalue weighted by molar-refractivity contribution is -0.139. The molecule has 0 spiro atoms. The third kappa shape index (κ3) is 5.99. The van der Waals surface area contributed by atoms with Gasteiger partial charge in [-0.25, -0.2) is 4.79 Å². The maximum atomic E-state index is 11.3. The predicted octanol–water partition coefficient (Wildman–Crippen LogP) is 4.92. The van der Waals surface area contributed by atoms with E-state index in [9.17, 15) is 4.79 Å². The van der Waals surface area contributed by atoms with Gasteiger partial charge in [-0.1, -0.05) is 36.9 Å². The van der Waals surface area contributed by atoms with Crippen molar-refractivity contribution in [2.24, 2.45) is 0 Å². The molecule has 120 valence electrons. The van der Waals surface area contributed by atoms with E-state index in [0.717, 1.165) is 30.8 Å². The molecule has 0 aliphatic heterocycles. The highest BCUT2D eigenvalue weighted by atomic mass is 16.5. The molecule has 2 aromatic carbocycles. The van der Waals surface area contributed by atoms with Crippen LogP contribution in [0.4, 0.5) is 0 Å². The summed E-state index contributed by atoms with van der Waals surface area (Å²) >= 11 is 0. The molecular formula is C20H22O3. The van der Waals surface area contributed by atoms with Gasteiger partial charge in [0.15, 0.2) is 0 Å². The highest BCUT2D eigenvalue weighted by Gasteiger charge is 2.03. The molecule has 0 saturated carbocycles. The van der Waals surface area contributed by atoms with Crippen LogP contribution in [0.2, 0.25) is 0 Å². The normalized spacial score (nSPS) is 10.1. The summed E-state index contributed by atoms with van der Waals surface area (Å²) in [5, 5.41) is 0. The lowest BCUT2D eigenvalue weighted by Crippen LogP contribution is -2.06. The van der Waals surface area contributed by atoms with Crippen molar-refractivity contribution in [3.8, 4) is 11.5 Å². The smallest absolute Gasteiger partial charge is 0.333 e. The van der Waals surface area contributed by atoms with E-state index in [2.05, 4.69) is 12.6 Å². The van der Waals surface area contributed by atoms with Gasteiger partial charge in [0.1, 0.15) is 11.5 Å². The van der Waals surface area contributed by atoms with E-state index in [-0.39, 0.29) is 5.97 Å². The minimum atomic E-state index is -0.316. The lowest BCUT2D eigenvalue weighted by Gasteiger charge is -2.08. The zero-order valence-electron chi connectivity index (χ0n) is 13.5. The first-order valence-electron chi connectivity index (χ1n) is 7.79. The Kier molecular flexibility index (Phi) is 6.42. The van der Waals surface area contributed by atoms with Gasteiger partial charge in [-0.2, -0.15) is 0 Å². The Morgan fingerprint density at radius 1 is 1.00 bits per heavy atom. The molecule has 0 atom stereocenters. The number of ether oxygens (including phenoxy) is 2. The summed E-state index contributed by atoms with van der Waals surface area (Å²) in [4.78, 5) is 11.3. The highest BCUT2D eigenvalue weighted by Crippen LogP contribution is 2.22. The first-order chi connectivity index (χ1) is 11.1. The van der Waals surface area contributed by atoms with Gasteiger partial charge in [0.25, 0.3) is 0 Å². The molecule has 0 N–H and O–H groups in total. The molecule has 2 rings (SSSR count). The number of carbonyl (C=O) groups excluding carboxylic acids is 1. The minimum Gasteiger partial charge on any atom is -0.462 e. The second kappa shape index (κ2) is 8.79. The second-order valence-corrected chi connectivity index (χ2v) is 5.44. The Morgan fingerprint density at radius 3 is 2.48 bits per heavy atom. The molecule has 0 unspecified atom stereocenters. The predicted molar refractivity (Wildman–Crippen MR) is 91.7 cm³/mol.